The molecule has 0 aliphatic rings. The van der Waals surface area contributed by atoms with E-state index in [1.54, 1.807) is 0 Å². The van der Waals surface area contributed by atoms with E-state index in [0.29, 0.717) is 0 Å². The molecular weight excluding hydrogens is 200 g/mol. The first kappa shape index (κ1) is 9.62. The fourth-order valence-corrected chi connectivity index (χ4v) is 0.992. The van der Waals surface area contributed by atoms with Crippen molar-refractivity contribution in [1.82, 2.24) is 0 Å². The molecule has 0 atom stereocenters. The van der Waals surface area contributed by atoms with E-state index >= 15 is 0 Å². The molecular formula is C8H2ClF2NO. The number of benzene rings is 1. The van der Waals surface area contributed by atoms with E-state index < -0.39 is 28.0 Å². The van der Waals surface area contributed by atoms with E-state index in [1.165, 1.54) is 6.07 Å². The first-order valence-electron chi connectivity index (χ1n) is 3.16. The summed E-state index contributed by atoms with van der Waals surface area (Å²) in [6.45, 7) is 0. The van der Waals surface area contributed by atoms with Crippen molar-refractivity contribution in [3.05, 3.63) is 34.9 Å². The molecule has 13 heavy (non-hydrogen) atoms. The molecule has 0 aliphatic heterocycles. The Bertz CT molecular complexity index is 411. The van der Waals surface area contributed by atoms with Crippen LogP contribution in [0.3, 0.4) is 0 Å². The number of carbonyl (C=O) groups excluding carboxylic acids is 1. The van der Waals surface area contributed by atoms with Gasteiger partial charge in [-0.3, -0.25) is 4.79 Å². The molecule has 1 aromatic carbocycles. The molecule has 0 N–H and O–H groups in total. The van der Waals surface area contributed by atoms with Crippen molar-refractivity contribution >= 4 is 16.8 Å². The molecule has 1 rings (SSSR count). The van der Waals surface area contributed by atoms with Gasteiger partial charge in [0.2, 0.25) is 0 Å². The molecule has 0 fully saturated rings. The Hall–Kier alpha value is -1.47. The summed E-state index contributed by atoms with van der Waals surface area (Å²) in [5.74, 6) is -2.29. The van der Waals surface area contributed by atoms with Crippen LogP contribution in [0.2, 0.25) is 0 Å². The second-order valence-corrected chi connectivity index (χ2v) is 2.51. The molecule has 0 amide bonds. The zero-order chi connectivity index (χ0) is 10.0. The Balaban J connectivity index is 3.50. The molecule has 1 aromatic rings. The smallest absolute Gasteiger partial charge is 0.258 e. The van der Waals surface area contributed by atoms with E-state index in [9.17, 15) is 13.6 Å². The first-order valence-corrected chi connectivity index (χ1v) is 3.53. The summed E-state index contributed by atoms with van der Waals surface area (Å²) in [5.41, 5.74) is -1.30. The van der Waals surface area contributed by atoms with Crippen molar-refractivity contribution < 1.29 is 13.6 Å². The van der Waals surface area contributed by atoms with Gasteiger partial charge in [0.05, 0.1) is 5.56 Å². The normalized spacial score (nSPS) is 9.38. The van der Waals surface area contributed by atoms with Gasteiger partial charge in [-0.1, -0.05) is 0 Å². The van der Waals surface area contributed by atoms with Crippen LogP contribution in [0.4, 0.5) is 8.78 Å². The number of carbonyl (C=O) groups is 1. The summed E-state index contributed by atoms with van der Waals surface area (Å²) in [7, 11) is 0. The van der Waals surface area contributed by atoms with Gasteiger partial charge in [-0.2, -0.15) is 5.26 Å². The maximum atomic E-state index is 13.0. The molecule has 0 saturated carbocycles. The van der Waals surface area contributed by atoms with E-state index in [2.05, 4.69) is 0 Å². The summed E-state index contributed by atoms with van der Waals surface area (Å²) in [4.78, 5) is 10.5. The van der Waals surface area contributed by atoms with Crippen molar-refractivity contribution in [1.29, 1.82) is 5.26 Å². The minimum Gasteiger partial charge on any atom is -0.275 e. The number of hydrogen-bond donors (Lipinski definition) is 0. The van der Waals surface area contributed by atoms with Crippen LogP contribution in [0, 0.1) is 23.0 Å². The lowest BCUT2D eigenvalue weighted by Gasteiger charge is -1.99. The largest absolute Gasteiger partial charge is 0.275 e. The van der Waals surface area contributed by atoms with Crippen molar-refractivity contribution in [2.45, 2.75) is 0 Å². The summed E-state index contributed by atoms with van der Waals surface area (Å²) in [5, 5.41) is 7.09. The van der Waals surface area contributed by atoms with E-state index in [-0.39, 0.29) is 0 Å². The predicted molar refractivity (Wildman–Crippen MR) is 41.3 cm³/mol. The van der Waals surface area contributed by atoms with Gasteiger partial charge in [0.1, 0.15) is 17.4 Å². The molecule has 66 valence electrons. The van der Waals surface area contributed by atoms with E-state index in [1.807, 2.05) is 0 Å². The first-order chi connectivity index (χ1) is 6.07. The summed E-state index contributed by atoms with van der Waals surface area (Å²) in [6.07, 6.45) is 0. The van der Waals surface area contributed by atoms with Crippen LogP contribution in [-0.2, 0) is 0 Å². The standard InChI is InChI=1S/C8H2ClF2NO/c9-8(13)6-5(10)2-1-4(3-12)7(6)11/h1-2H. The molecule has 5 heteroatoms. The highest BCUT2D eigenvalue weighted by Gasteiger charge is 2.18. The quantitative estimate of drug-likeness (QED) is 0.654. The lowest BCUT2D eigenvalue weighted by atomic mass is 10.1. The molecule has 0 saturated heterocycles. The molecule has 0 bridgehead atoms. The molecule has 0 unspecified atom stereocenters. The van der Waals surface area contributed by atoms with Crippen LogP contribution in [-0.4, -0.2) is 5.24 Å². The fourth-order valence-electron chi connectivity index (χ4n) is 0.819. The van der Waals surface area contributed by atoms with Gasteiger partial charge in [-0.15, -0.1) is 0 Å². The van der Waals surface area contributed by atoms with Crippen LogP contribution in [0.1, 0.15) is 15.9 Å². The second kappa shape index (κ2) is 3.50. The Kier molecular flexibility index (Phi) is 2.59. The third-order valence-electron chi connectivity index (χ3n) is 1.41. The highest BCUT2D eigenvalue weighted by molar-refractivity contribution is 6.67. The zero-order valence-corrected chi connectivity index (χ0v) is 6.90. The second-order valence-electron chi connectivity index (χ2n) is 2.17. The zero-order valence-electron chi connectivity index (χ0n) is 6.14. The van der Waals surface area contributed by atoms with Crippen molar-refractivity contribution in [3.8, 4) is 6.07 Å². The Morgan fingerprint density at radius 2 is 2.08 bits per heavy atom. The molecule has 2 nitrogen and oxygen atoms in total. The Morgan fingerprint density at radius 1 is 1.46 bits per heavy atom. The third kappa shape index (κ3) is 1.65. The van der Waals surface area contributed by atoms with Gasteiger partial charge in [-0.05, 0) is 23.7 Å². The van der Waals surface area contributed by atoms with Crippen LogP contribution in [0.5, 0.6) is 0 Å². The van der Waals surface area contributed by atoms with Crippen LogP contribution >= 0.6 is 11.6 Å². The predicted octanol–water partition coefficient (Wildman–Crippen LogP) is 2.22. The number of halogens is 3. The van der Waals surface area contributed by atoms with Crippen molar-refractivity contribution in [3.63, 3.8) is 0 Å². The average molecular weight is 202 g/mol. The maximum absolute atomic E-state index is 13.0. The van der Waals surface area contributed by atoms with E-state index in [0.717, 1.165) is 12.1 Å². The van der Waals surface area contributed by atoms with Crippen LogP contribution < -0.4 is 0 Å². The highest BCUT2D eigenvalue weighted by Crippen LogP contribution is 2.17. The molecule has 0 radical (unpaired) electrons. The number of hydrogen-bond acceptors (Lipinski definition) is 2. The number of nitriles is 1. The number of nitrogens with zero attached hydrogens (tertiary/aromatic N) is 1. The molecule has 0 aromatic heterocycles. The van der Waals surface area contributed by atoms with E-state index in [4.69, 9.17) is 16.9 Å². The topological polar surface area (TPSA) is 40.9 Å². The van der Waals surface area contributed by atoms with Gasteiger partial charge in [-0.25, -0.2) is 8.78 Å². The Morgan fingerprint density at radius 3 is 2.54 bits per heavy atom. The van der Waals surface area contributed by atoms with Crippen molar-refractivity contribution in [2.24, 2.45) is 0 Å². The fraction of sp³-hybridized carbons (Fsp3) is 0. The summed E-state index contributed by atoms with van der Waals surface area (Å²) >= 11 is 4.91. The van der Waals surface area contributed by atoms with Crippen LogP contribution in [0.25, 0.3) is 0 Å². The van der Waals surface area contributed by atoms with Gasteiger partial charge in [0.25, 0.3) is 5.24 Å². The lowest BCUT2D eigenvalue weighted by Crippen LogP contribution is -2.01. The van der Waals surface area contributed by atoms with Gasteiger partial charge in [0, 0.05) is 0 Å². The third-order valence-corrected chi connectivity index (χ3v) is 1.60. The average Bonchev–Trinajstić information content (AvgIpc) is 2.04. The monoisotopic (exact) mass is 201 g/mol. The van der Waals surface area contributed by atoms with Gasteiger partial charge in [0.15, 0.2) is 5.82 Å². The minimum atomic E-state index is -1.26. The highest BCUT2D eigenvalue weighted by atomic mass is 35.5. The summed E-state index contributed by atoms with van der Waals surface area (Å²) in [6, 6.07) is 3.22. The summed E-state index contributed by atoms with van der Waals surface area (Å²) < 4.78 is 25.8. The molecule has 0 heterocycles. The van der Waals surface area contributed by atoms with Gasteiger partial charge < -0.3 is 0 Å². The maximum Gasteiger partial charge on any atom is 0.258 e. The molecule has 0 aliphatic carbocycles. The number of rotatable bonds is 1. The molecule has 0 spiro atoms. The van der Waals surface area contributed by atoms with Gasteiger partial charge >= 0.3 is 0 Å². The van der Waals surface area contributed by atoms with Crippen molar-refractivity contribution in [2.75, 3.05) is 0 Å². The minimum absolute atomic E-state index is 0.412. The SMILES string of the molecule is N#Cc1ccc(F)c(C(=O)Cl)c1F. The lowest BCUT2D eigenvalue weighted by molar-refractivity contribution is 0.107. The Labute approximate surface area is 77.3 Å². The van der Waals surface area contributed by atoms with Crippen LogP contribution in [0.15, 0.2) is 12.1 Å².